The van der Waals surface area contributed by atoms with Gasteiger partial charge in [0.1, 0.15) is 11.3 Å². The summed E-state index contributed by atoms with van der Waals surface area (Å²) in [6, 6.07) is 5.51. The molecule has 2 unspecified atom stereocenters. The Morgan fingerprint density at radius 2 is 2.30 bits per heavy atom. The molecule has 4 nitrogen and oxygen atoms in total. The first-order valence-electron chi connectivity index (χ1n) is 7.02. The quantitative estimate of drug-likeness (QED) is 0.820. The lowest BCUT2D eigenvalue weighted by Gasteiger charge is -2.21. The van der Waals surface area contributed by atoms with Crippen LogP contribution < -0.4 is 15.8 Å². The van der Waals surface area contributed by atoms with Gasteiger partial charge in [-0.2, -0.15) is 11.8 Å². The minimum Gasteiger partial charge on any atom is -0.496 e. The van der Waals surface area contributed by atoms with Crippen LogP contribution in [0.5, 0.6) is 5.75 Å². The molecule has 20 heavy (non-hydrogen) atoms. The molecule has 0 bridgehead atoms. The van der Waals surface area contributed by atoms with Gasteiger partial charge in [0.05, 0.1) is 7.11 Å². The molecule has 1 aromatic carbocycles. The van der Waals surface area contributed by atoms with Crippen molar-refractivity contribution in [2.24, 2.45) is 0 Å². The first-order chi connectivity index (χ1) is 9.67. The van der Waals surface area contributed by atoms with Crippen molar-refractivity contribution in [3.8, 4) is 5.75 Å². The number of benzene rings is 1. The van der Waals surface area contributed by atoms with Gasteiger partial charge in [-0.3, -0.25) is 4.79 Å². The second-order valence-corrected chi connectivity index (χ2v) is 6.45. The SMILES string of the molecule is CCSC1CCCC1NC(=O)c1c(N)cccc1OC. The molecule has 0 heterocycles. The second-order valence-electron chi connectivity index (χ2n) is 4.93. The van der Waals surface area contributed by atoms with Crippen molar-refractivity contribution < 1.29 is 9.53 Å². The fraction of sp³-hybridized carbons (Fsp3) is 0.533. The number of hydrogen-bond donors (Lipinski definition) is 2. The van der Waals surface area contributed by atoms with Gasteiger partial charge >= 0.3 is 0 Å². The van der Waals surface area contributed by atoms with Crippen LogP contribution in [0.4, 0.5) is 5.69 Å². The minimum atomic E-state index is -0.131. The summed E-state index contributed by atoms with van der Waals surface area (Å²) in [5, 5.41) is 3.64. The lowest BCUT2D eigenvalue weighted by atomic mass is 10.1. The number of nitrogens with one attached hydrogen (secondary N) is 1. The van der Waals surface area contributed by atoms with Crippen molar-refractivity contribution in [2.45, 2.75) is 37.5 Å². The molecule has 0 saturated heterocycles. The third-order valence-electron chi connectivity index (χ3n) is 3.66. The Hall–Kier alpha value is -1.36. The van der Waals surface area contributed by atoms with E-state index in [1.807, 2.05) is 11.8 Å². The highest BCUT2D eigenvalue weighted by Crippen LogP contribution is 2.31. The number of anilines is 1. The molecule has 0 spiro atoms. The maximum atomic E-state index is 12.5. The van der Waals surface area contributed by atoms with Crippen LogP contribution in [0.1, 0.15) is 36.5 Å². The van der Waals surface area contributed by atoms with Crippen LogP contribution in [-0.4, -0.2) is 30.1 Å². The van der Waals surface area contributed by atoms with E-state index in [4.69, 9.17) is 10.5 Å². The Labute approximate surface area is 124 Å². The monoisotopic (exact) mass is 294 g/mol. The summed E-state index contributed by atoms with van der Waals surface area (Å²) in [5.41, 5.74) is 6.82. The van der Waals surface area contributed by atoms with Gasteiger partial charge in [0.2, 0.25) is 0 Å². The molecule has 2 atom stereocenters. The normalized spacial score (nSPS) is 21.7. The number of carbonyl (C=O) groups is 1. The number of nitrogens with two attached hydrogens (primary N) is 1. The van der Waals surface area contributed by atoms with E-state index in [0.717, 1.165) is 12.2 Å². The fourth-order valence-corrected chi connectivity index (χ4v) is 3.90. The van der Waals surface area contributed by atoms with Gasteiger partial charge in [-0.25, -0.2) is 0 Å². The van der Waals surface area contributed by atoms with Gasteiger partial charge in [-0.05, 0) is 30.7 Å². The number of hydrogen-bond acceptors (Lipinski definition) is 4. The van der Waals surface area contributed by atoms with Crippen molar-refractivity contribution in [3.63, 3.8) is 0 Å². The summed E-state index contributed by atoms with van der Waals surface area (Å²) in [6.07, 6.45) is 3.38. The van der Waals surface area contributed by atoms with Gasteiger partial charge < -0.3 is 15.8 Å². The van der Waals surface area contributed by atoms with Crippen LogP contribution >= 0.6 is 11.8 Å². The zero-order chi connectivity index (χ0) is 14.5. The van der Waals surface area contributed by atoms with E-state index >= 15 is 0 Å². The van der Waals surface area contributed by atoms with E-state index < -0.39 is 0 Å². The maximum Gasteiger partial charge on any atom is 0.257 e. The van der Waals surface area contributed by atoms with E-state index in [1.54, 1.807) is 25.3 Å². The molecule has 1 amide bonds. The number of methoxy groups -OCH3 is 1. The minimum absolute atomic E-state index is 0.131. The molecule has 1 aliphatic rings. The number of nitrogen functional groups attached to an aromatic ring is 1. The van der Waals surface area contributed by atoms with E-state index in [-0.39, 0.29) is 11.9 Å². The molecule has 5 heteroatoms. The topological polar surface area (TPSA) is 64.4 Å². The molecule has 1 aliphatic carbocycles. The zero-order valence-electron chi connectivity index (χ0n) is 12.0. The summed E-state index contributed by atoms with van der Waals surface area (Å²) >= 11 is 1.92. The maximum absolute atomic E-state index is 12.5. The van der Waals surface area contributed by atoms with Gasteiger partial charge in [0.25, 0.3) is 5.91 Å². The van der Waals surface area contributed by atoms with E-state index in [9.17, 15) is 4.79 Å². The molecule has 1 fully saturated rings. The average molecular weight is 294 g/mol. The Bertz CT molecular complexity index is 479. The molecule has 0 aliphatic heterocycles. The predicted molar refractivity (Wildman–Crippen MR) is 84.4 cm³/mol. The molecule has 1 aromatic rings. The van der Waals surface area contributed by atoms with Crippen molar-refractivity contribution >= 4 is 23.4 Å². The number of amides is 1. The Kier molecular flexibility index (Phi) is 5.17. The van der Waals surface area contributed by atoms with Crippen molar-refractivity contribution in [3.05, 3.63) is 23.8 Å². The highest BCUT2D eigenvalue weighted by Gasteiger charge is 2.29. The summed E-state index contributed by atoms with van der Waals surface area (Å²) in [5.74, 6) is 1.47. The lowest BCUT2D eigenvalue weighted by Crippen LogP contribution is -2.39. The highest BCUT2D eigenvalue weighted by molar-refractivity contribution is 7.99. The Morgan fingerprint density at radius 3 is 3.00 bits per heavy atom. The first kappa shape index (κ1) is 15.0. The average Bonchev–Trinajstić information content (AvgIpc) is 2.86. The van der Waals surface area contributed by atoms with Crippen LogP contribution in [0.3, 0.4) is 0 Å². The van der Waals surface area contributed by atoms with Crippen LogP contribution in [0, 0.1) is 0 Å². The second kappa shape index (κ2) is 6.88. The summed E-state index contributed by atoms with van der Waals surface area (Å²) in [7, 11) is 1.55. The molecule has 3 N–H and O–H groups in total. The van der Waals surface area contributed by atoms with Gasteiger partial charge in [-0.1, -0.05) is 19.4 Å². The molecule has 2 rings (SSSR count). The van der Waals surface area contributed by atoms with Crippen LogP contribution in [-0.2, 0) is 0 Å². The molecule has 1 saturated carbocycles. The number of carbonyl (C=O) groups excluding carboxylic acids is 1. The standard InChI is InChI=1S/C15H22N2O2S/c1-3-20-13-9-5-7-11(13)17-15(18)14-10(16)6-4-8-12(14)19-2/h4,6,8,11,13H,3,5,7,9,16H2,1-2H3,(H,17,18). The third kappa shape index (κ3) is 3.20. The van der Waals surface area contributed by atoms with Crippen molar-refractivity contribution in [2.75, 3.05) is 18.6 Å². The molecular weight excluding hydrogens is 272 g/mol. The summed E-state index contributed by atoms with van der Waals surface area (Å²) in [4.78, 5) is 12.5. The third-order valence-corrected chi connectivity index (χ3v) is 4.98. The van der Waals surface area contributed by atoms with Gasteiger partial charge in [-0.15, -0.1) is 0 Å². The van der Waals surface area contributed by atoms with Gasteiger partial charge in [0, 0.05) is 17.0 Å². The predicted octanol–water partition coefficient (Wildman–Crippen LogP) is 2.68. The zero-order valence-corrected chi connectivity index (χ0v) is 12.8. The smallest absolute Gasteiger partial charge is 0.257 e. The summed E-state index contributed by atoms with van der Waals surface area (Å²) in [6.45, 7) is 2.15. The number of thioether (sulfide) groups is 1. The largest absolute Gasteiger partial charge is 0.496 e. The van der Waals surface area contributed by atoms with Crippen molar-refractivity contribution in [1.82, 2.24) is 5.32 Å². The first-order valence-corrected chi connectivity index (χ1v) is 8.07. The Morgan fingerprint density at radius 1 is 1.50 bits per heavy atom. The molecule has 110 valence electrons. The summed E-state index contributed by atoms with van der Waals surface area (Å²) < 4.78 is 5.24. The van der Waals surface area contributed by atoms with Crippen molar-refractivity contribution in [1.29, 1.82) is 0 Å². The molecule has 0 radical (unpaired) electrons. The highest BCUT2D eigenvalue weighted by atomic mass is 32.2. The van der Waals surface area contributed by atoms with Crippen LogP contribution in [0.2, 0.25) is 0 Å². The molecule has 0 aromatic heterocycles. The molecular formula is C15H22N2O2S. The van der Waals surface area contributed by atoms with E-state index in [1.165, 1.54) is 12.8 Å². The fourth-order valence-electron chi connectivity index (χ4n) is 2.71. The van der Waals surface area contributed by atoms with E-state index in [2.05, 4.69) is 12.2 Å². The number of rotatable bonds is 5. The Balaban J connectivity index is 2.12. The van der Waals surface area contributed by atoms with Gasteiger partial charge in [0.15, 0.2) is 0 Å². The lowest BCUT2D eigenvalue weighted by molar-refractivity contribution is 0.0936. The van der Waals surface area contributed by atoms with Crippen LogP contribution in [0.15, 0.2) is 18.2 Å². The van der Waals surface area contributed by atoms with Crippen LogP contribution in [0.25, 0.3) is 0 Å². The number of ether oxygens (including phenoxy) is 1. The van der Waals surface area contributed by atoms with E-state index in [0.29, 0.717) is 22.3 Å².